The maximum Gasteiger partial charge on any atom is 0.0553 e. The Kier molecular flexibility index (Phi) is 5.09. The molecule has 1 N–H and O–H groups in total. The molecule has 1 fully saturated rings. The standard InChI is InChI=1S/C16H17N3.2ClH/c1-2-6-14-12(4-1)8-18-16-11-19(10-15(14)16)13-5-3-7-17-9-13;;/h1-7,9,15-16,18H,8,10-11H2;2*1H/t15-,16+;;/m0../s1. The molecule has 2 aliphatic rings. The first-order valence-electron chi connectivity index (χ1n) is 6.88. The van der Waals surface area contributed by atoms with Gasteiger partial charge in [-0.3, -0.25) is 4.98 Å². The third kappa shape index (κ3) is 2.86. The fourth-order valence-corrected chi connectivity index (χ4v) is 3.38. The number of nitrogens with zero attached hydrogens (tertiary/aromatic N) is 2. The molecule has 1 aromatic carbocycles. The molecule has 112 valence electrons. The van der Waals surface area contributed by atoms with Gasteiger partial charge in [-0.05, 0) is 23.3 Å². The number of anilines is 1. The van der Waals surface area contributed by atoms with Crippen molar-refractivity contribution in [2.75, 3.05) is 18.0 Å². The maximum absolute atomic E-state index is 4.23. The summed E-state index contributed by atoms with van der Waals surface area (Å²) in [6.07, 6.45) is 3.80. The fourth-order valence-electron chi connectivity index (χ4n) is 3.38. The van der Waals surface area contributed by atoms with Crippen LogP contribution in [0.4, 0.5) is 5.69 Å². The SMILES string of the molecule is Cl.Cl.c1cncc(N2C[C@H]3NCc4ccccc4[C@@H]3C2)c1. The highest BCUT2D eigenvalue weighted by atomic mass is 35.5. The topological polar surface area (TPSA) is 28.2 Å². The Balaban J connectivity index is 0.000000807. The smallest absolute Gasteiger partial charge is 0.0553 e. The number of rotatable bonds is 1. The van der Waals surface area contributed by atoms with Crippen LogP contribution in [0.1, 0.15) is 17.0 Å². The summed E-state index contributed by atoms with van der Waals surface area (Å²) in [6.45, 7) is 3.16. The number of hydrogen-bond acceptors (Lipinski definition) is 3. The van der Waals surface area contributed by atoms with Crippen LogP contribution in [0.5, 0.6) is 0 Å². The van der Waals surface area contributed by atoms with E-state index in [1.54, 1.807) is 0 Å². The molecule has 0 amide bonds. The van der Waals surface area contributed by atoms with Crippen molar-refractivity contribution in [3.05, 3.63) is 59.9 Å². The van der Waals surface area contributed by atoms with Crippen LogP contribution in [-0.2, 0) is 6.54 Å². The second kappa shape index (κ2) is 6.65. The number of fused-ring (bicyclic) bond motifs is 3. The van der Waals surface area contributed by atoms with E-state index in [2.05, 4.69) is 45.5 Å². The third-order valence-electron chi connectivity index (χ3n) is 4.34. The first kappa shape index (κ1) is 16.1. The van der Waals surface area contributed by atoms with E-state index in [-0.39, 0.29) is 24.8 Å². The molecule has 0 spiro atoms. The molecule has 4 rings (SSSR count). The Hall–Kier alpha value is -1.29. The van der Waals surface area contributed by atoms with Gasteiger partial charge < -0.3 is 10.2 Å². The van der Waals surface area contributed by atoms with Gasteiger partial charge in [0.25, 0.3) is 0 Å². The third-order valence-corrected chi connectivity index (χ3v) is 4.34. The van der Waals surface area contributed by atoms with E-state index in [1.807, 2.05) is 18.5 Å². The quantitative estimate of drug-likeness (QED) is 0.874. The van der Waals surface area contributed by atoms with Crippen LogP contribution in [-0.4, -0.2) is 24.1 Å². The van der Waals surface area contributed by atoms with E-state index < -0.39 is 0 Å². The van der Waals surface area contributed by atoms with Crippen molar-refractivity contribution in [1.82, 2.24) is 10.3 Å². The highest BCUT2D eigenvalue weighted by Gasteiger charge is 2.37. The first-order valence-corrected chi connectivity index (χ1v) is 6.88. The fraction of sp³-hybridized carbons (Fsp3) is 0.312. The lowest BCUT2D eigenvalue weighted by Crippen LogP contribution is -2.39. The van der Waals surface area contributed by atoms with Crippen molar-refractivity contribution in [3.63, 3.8) is 0 Å². The molecule has 0 unspecified atom stereocenters. The van der Waals surface area contributed by atoms with Gasteiger partial charge in [-0.2, -0.15) is 0 Å². The van der Waals surface area contributed by atoms with Crippen LogP contribution in [0.2, 0.25) is 0 Å². The van der Waals surface area contributed by atoms with Gasteiger partial charge in [-0.1, -0.05) is 24.3 Å². The molecule has 0 bridgehead atoms. The second-order valence-electron chi connectivity index (χ2n) is 5.41. The van der Waals surface area contributed by atoms with Crippen molar-refractivity contribution in [3.8, 4) is 0 Å². The van der Waals surface area contributed by atoms with Crippen LogP contribution in [0.3, 0.4) is 0 Å². The summed E-state index contributed by atoms with van der Waals surface area (Å²) in [5.41, 5.74) is 4.21. The van der Waals surface area contributed by atoms with Gasteiger partial charge in [0, 0.05) is 37.8 Å². The van der Waals surface area contributed by atoms with E-state index >= 15 is 0 Å². The van der Waals surface area contributed by atoms with Crippen molar-refractivity contribution >= 4 is 30.5 Å². The van der Waals surface area contributed by atoms with Gasteiger partial charge >= 0.3 is 0 Å². The highest BCUT2D eigenvalue weighted by molar-refractivity contribution is 5.85. The second-order valence-corrected chi connectivity index (χ2v) is 5.41. The van der Waals surface area contributed by atoms with Gasteiger partial charge in [0.1, 0.15) is 0 Å². The molecule has 0 saturated carbocycles. The van der Waals surface area contributed by atoms with Gasteiger partial charge in [-0.25, -0.2) is 0 Å². The summed E-state index contributed by atoms with van der Waals surface area (Å²) in [6, 6.07) is 13.6. The summed E-state index contributed by atoms with van der Waals surface area (Å²) in [5.74, 6) is 0.602. The van der Waals surface area contributed by atoms with Crippen LogP contribution < -0.4 is 10.2 Å². The molecular formula is C16H19Cl2N3. The minimum absolute atomic E-state index is 0. The molecule has 3 heterocycles. The van der Waals surface area contributed by atoms with Crippen LogP contribution >= 0.6 is 24.8 Å². The zero-order chi connectivity index (χ0) is 12.7. The predicted octanol–water partition coefficient (Wildman–Crippen LogP) is 3.00. The lowest BCUT2D eigenvalue weighted by molar-refractivity contribution is 0.472. The highest BCUT2D eigenvalue weighted by Crippen LogP contribution is 2.35. The molecular weight excluding hydrogens is 305 g/mol. The normalized spacial score (nSPS) is 22.6. The predicted molar refractivity (Wildman–Crippen MR) is 90.8 cm³/mol. The van der Waals surface area contributed by atoms with Gasteiger partial charge in [0.2, 0.25) is 0 Å². The van der Waals surface area contributed by atoms with E-state index in [0.717, 1.165) is 19.6 Å². The van der Waals surface area contributed by atoms with Crippen LogP contribution in [0.15, 0.2) is 48.8 Å². The molecule has 1 aromatic heterocycles. The van der Waals surface area contributed by atoms with Gasteiger partial charge in [0.05, 0.1) is 11.9 Å². The molecule has 5 heteroatoms. The minimum Gasteiger partial charge on any atom is -0.368 e. The molecule has 1 saturated heterocycles. The Labute approximate surface area is 137 Å². The molecule has 2 aromatic rings. The Morgan fingerprint density at radius 2 is 1.90 bits per heavy atom. The minimum atomic E-state index is 0. The van der Waals surface area contributed by atoms with E-state index in [9.17, 15) is 0 Å². The molecule has 2 aliphatic heterocycles. The Bertz CT molecular complexity index is 591. The summed E-state index contributed by atoms with van der Waals surface area (Å²) >= 11 is 0. The van der Waals surface area contributed by atoms with Crippen LogP contribution in [0, 0.1) is 0 Å². The molecule has 0 aliphatic carbocycles. The van der Waals surface area contributed by atoms with Crippen molar-refractivity contribution in [1.29, 1.82) is 0 Å². The Morgan fingerprint density at radius 1 is 1.05 bits per heavy atom. The summed E-state index contributed by atoms with van der Waals surface area (Å²) in [4.78, 5) is 6.67. The van der Waals surface area contributed by atoms with Gasteiger partial charge in [-0.15, -0.1) is 24.8 Å². The number of hydrogen-bond donors (Lipinski definition) is 1. The summed E-state index contributed by atoms with van der Waals surface area (Å²) in [5, 5.41) is 3.67. The van der Waals surface area contributed by atoms with Crippen LogP contribution in [0.25, 0.3) is 0 Å². The average molecular weight is 324 g/mol. The lowest BCUT2D eigenvalue weighted by atomic mass is 9.87. The number of nitrogens with one attached hydrogen (secondary N) is 1. The van der Waals surface area contributed by atoms with E-state index in [1.165, 1.54) is 16.8 Å². The van der Waals surface area contributed by atoms with E-state index in [0.29, 0.717) is 12.0 Å². The molecule has 0 radical (unpaired) electrons. The first-order chi connectivity index (χ1) is 9.42. The molecule has 21 heavy (non-hydrogen) atoms. The Morgan fingerprint density at radius 3 is 2.71 bits per heavy atom. The van der Waals surface area contributed by atoms with Crippen molar-refractivity contribution < 1.29 is 0 Å². The van der Waals surface area contributed by atoms with Crippen molar-refractivity contribution in [2.45, 2.75) is 18.5 Å². The number of halogens is 2. The maximum atomic E-state index is 4.23. The lowest BCUT2D eigenvalue weighted by Gasteiger charge is -2.28. The van der Waals surface area contributed by atoms with Gasteiger partial charge in [0.15, 0.2) is 0 Å². The molecule has 2 atom stereocenters. The number of aromatic nitrogens is 1. The monoisotopic (exact) mass is 323 g/mol. The zero-order valence-corrected chi connectivity index (χ0v) is 13.2. The average Bonchev–Trinajstić information content (AvgIpc) is 2.93. The van der Waals surface area contributed by atoms with E-state index in [4.69, 9.17) is 0 Å². The van der Waals surface area contributed by atoms with Crippen molar-refractivity contribution in [2.24, 2.45) is 0 Å². The number of pyridine rings is 1. The zero-order valence-electron chi connectivity index (χ0n) is 11.6. The summed E-state index contributed by atoms with van der Waals surface area (Å²) in [7, 11) is 0. The molecule has 3 nitrogen and oxygen atoms in total. The number of benzene rings is 1. The largest absolute Gasteiger partial charge is 0.368 e. The summed E-state index contributed by atoms with van der Waals surface area (Å²) < 4.78 is 0.